The Morgan fingerprint density at radius 2 is 1.50 bits per heavy atom. The maximum atomic E-state index is 6.65. The van der Waals surface area contributed by atoms with Gasteiger partial charge in [-0.1, -0.05) is 90.4 Å². The van der Waals surface area contributed by atoms with E-state index in [2.05, 4.69) is 85.7 Å². The fraction of sp³-hybridized carbons (Fsp3) is 0.619. The van der Waals surface area contributed by atoms with E-state index in [0.717, 1.165) is 6.42 Å². The van der Waals surface area contributed by atoms with Crippen molar-refractivity contribution in [2.45, 2.75) is 78.5 Å². The van der Waals surface area contributed by atoms with Gasteiger partial charge in [0.25, 0.3) is 0 Å². The second-order valence-corrected chi connectivity index (χ2v) is 13.4. The first-order valence-corrected chi connectivity index (χ1v) is 10.8. The van der Waals surface area contributed by atoms with Crippen LogP contribution >= 0.6 is 0 Å². The molecule has 0 atom stereocenters. The number of benzene rings is 1. The molecule has 0 aliphatic heterocycles. The van der Waals surface area contributed by atoms with Crippen molar-refractivity contribution in [3.05, 3.63) is 47.5 Å². The number of allylic oxidation sites excluding steroid dienone is 1. The lowest BCUT2D eigenvalue weighted by Gasteiger charge is -2.49. The molecule has 0 unspecified atom stereocenters. The smallest absolute Gasteiger partial charge is 0.349 e. The van der Waals surface area contributed by atoms with E-state index in [0.29, 0.717) is 13.2 Å². The Bertz CT molecular complexity index is 507. The highest BCUT2D eigenvalue weighted by atomic mass is 28.4. The Kier molecular flexibility index (Phi) is 7.45. The fourth-order valence-electron chi connectivity index (χ4n) is 3.24. The largest absolute Gasteiger partial charge is 0.390 e. The van der Waals surface area contributed by atoms with Gasteiger partial charge in [0.15, 0.2) is 0 Å². The quantitative estimate of drug-likeness (QED) is 0.407. The summed E-state index contributed by atoms with van der Waals surface area (Å²) in [6.45, 7) is 19.1. The lowest BCUT2D eigenvalue weighted by Crippen LogP contribution is -2.57. The third kappa shape index (κ3) is 5.30. The monoisotopic (exact) mass is 348 g/mol. The molecule has 3 heteroatoms. The molecule has 0 heterocycles. The molecule has 0 aliphatic carbocycles. The molecule has 0 aliphatic rings. The van der Waals surface area contributed by atoms with Crippen molar-refractivity contribution in [3.63, 3.8) is 0 Å². The number of hydrogen-bond acceptors (Lipinski definition) is 2. The Hall–Kier alpha value is -0.903. The van der Waals surface area contributed by atoms with Crippen LogP contribution in [0.2, 0.25) is 10.1 Å². The third-order valence-corrected chi connectivity index (χ3v) is 9.61. The summed E-state index contributed by atoms with van der Waals surface area (Å²) in [6, 6.07) is 10.4. The molecular weight excluding hydrogens is 312 g/mol. The van der Waals surface area contributed by atoms with Crippen LogP contribution in [0.15, 0.2) is 42.0 Å². The Morgan fingerprint density at radius 3 is 1.96 bits per heavy atom. The molecule has 2 nitrogen and oxygen atoms in total. The third-order valence-electron chi connectivity index (χ3n) is 4.54. The standard InChI is InChI=1S/C21H36O2Si/c1-9-18(2)15-16-22-24(20(3,4)5,21(6,7)8)23-17-19-13-11-10-12-14-19/h10-15H,9,16-17H2,1-8H3/b18-15-. The molecule has 0 bridgehead atoms. The Labute approximate surface area is 150 Å². The van der Waals surface area contributed by atoms with E-state index in [1.54, 1.807) is 0 Å². The van der Waals surface area contributed by atoms with Gasteiger partial charge >= 0.3 is 8.56 Å². The van der Waals surface area contributed by atoms with Crippen molar-refractivity contribution in [2.75, 3.05) is 6.61 Å². The minimum Gasteiger partial charge on any atom is -0.390 e. The molecule has 24 heavy (non-hydrogen) atoms. The maximum absolute atomic E-state index is 6.65. The summed E-state index contributed by atoms with van der Waals surface area (Å²) >= 11 is 0. The lowest BCUT2D eigenvalue weighted by atomic mass is 10.2. The molecule has 0 saturated heterocycles. The van der Waals surface area contributed by atoms with Crippen molar-refractivity contribution in [1.82, 2.24) is 0 Å². The summed E-state index contributed by atoms with van der Waals surface area (Å²) in [5, 5.41) is -0.0397. The minimum absolute atomic E-state index is 0.0199. The zero-order valence-corrected chi connectivity index (χ0v) is 17.9. The molecule has 1 rings (SSSR count). The lowest BCUT2D eigenvalue weighted by molar-refractivity contribution is 0.130. The molecule has 0 spiro atoms. The molecule has 0 N–H and O–H groups in total. The predicted molar refractivity (Wildman–Crippen MR) is 106 cm³/mol. The zero-order valence-electron chi connectivity index (χ0n) is 16.9. The van der Waals surface area contributed by atoms with Crippen LogP contribution in [-0.4, -0.2) is 15.2 Å². The highest BCUT2D eigenvalue weighted by Gasteiger charge is 2.58. The minimum atomic E-state index is -2.51. The first-order valence-electron chi connectivity index (χ1n) is 9.01. The Balaban J connectivity index is 3.08. The zero-order chi connectivity index (χ0) is 18.4. The molecule has 0 radical (unpaired) electrons. The van der Waals surface area contributed by atoms with Crippen LogP contribution in [-0.2, 0) is 15.5 Å². The first-order chi connectivity index (χ1) is 11.0. The van der Waals surface area contributed by atoms with Crippen LogP contribution in [0, 0.1) is 0 Å². The van der Waals surface area contributed by atoms with Crippen LogP contribution in [0.5, 0.6) is 0 Å². The fourth-order valence-corrected chi connectivity index (χ4v) is 7.99. The van der Waals surface area contributed by atoms with Gasteiger partial charge < -0.3 is 8.85 Å². The molecule has 0 aromatic heterocycles. The normalized spacial score (nSPS) is 14.1. The average Bonchev–Trinajstić information content (AvgIpc) is 2.48. The SMILES string of the molecule is CC/C(C)=C\CO[Si](OCc1ccccc1)(C(C)(C)C)C(C)(C)C. The molecule has 1 aromatic rings. The number of rotatable bonds is 7. The first kappa shape index (κ1) is 21.1. The molecule has 1 aromatic carbocycles. The van der Waals surface area contributed by atoms with Crippen LogP contribution in [0.4, 0.5) is 0 Å². The maximum Gasteiger partial charge on any atom is 0.349 e. The van der Waals surface area contributed by atoms with Gasteiger partial charge in [-0.2, -0.15) is 0 Å². The van der Waals surface area contributed by atoms with E-state index in [1.165, 1.54) is 11.1 Å². The van der Waals surface area contributed by atoms with Crippen molar-refractivity contribution < 1.29 is 8.85 Å². The van der Waals surface area contributed by atoms with Gasteiger partial charge in [0, 0.05) is 10.1 Å². The van der Waals surface area contributed by atoms with Gasteiger partial charge in [-0.15, -0.1) is 0 Å². The van der Waals surface area contributed by atoms with Crippen molar-refractivity contribution >= 4 is 8.56 Å². The highest BCUT2D eigenvalue weighted by molar-refractivity contribution is 6.73. The second kappa shape index (κ2) is 8.46. The van der Waals surface area contributed by atoms with Crippen LogP contribution < -0.4 is 0 Å². The average molecular weight is 349 g/mol. The summed E-state index contributed by atoms with van der Waals surface area (Å²) in [7, 11) is -2.51. The van der Waals surface area contributed by atoms with Crippen molar-refractivity contribution in [1.29, 1.82) is 0 Å². The Morgan fingerprint density at radius 1 is 0.958 bits per heavy atom. The van der Waals surface area contributed by atoms with E-state index in [4.69, 9.17) is 8.85 Å². The summed E-state index contributed by atoms with van der Waals surface area (Å²) in [4.78, 5) is 0. The molecule has 0 saturated carbocycles. The van der Waals surface area contributed by atoms with Gasteiger partial charge in [-0.3, -0.25) is 0 Å². The van der Waals surface area contributed by atoms with Crippen LogP contribution in [0.25, 0.3) is 0 Å². The topological polar surface area (TPSA) is 18.5 Å². The summed E-state index contributed by atoms with van der Waals surface area (Å²) in [6.07, 6.45) is 3.26. The van der Waals surface area contributed by atoms with E-state index < -0.39 is 8.56 Å². The molecule has 0 fully saturated rings. The van der Waals surface area contributed by atoms with Gasteiger partial charge in [0.2, 0.25) is 0 Å². The molecular formula is C21H36O2Si. The molecule has 136 valence electrons. The molecule has 0 amide bonds. The predicted octanol–water partition coefficient (Wildman–Crippen LogP) is 6.62. The van der Waals surface area contributed by atoms with Crippen molar-refractivity contribution in [3.8, 4) is 0 Å². The summed E-state index contributed by atoms with van der Waals surface area (Å²) in [5.74, 6) is 0. The van der Waals surface area contributed by atoms with Crippen molar-refractivity contribution in [2.24, 2.45) is 0 Å². The van der Waals surface area contributed by atoms with Gasteiger partial charge in [-0.25, -0.2) is 0 Å². The van der Waals surface area contributed by atoms with E-state index in [-0.39, 0.29) is 10.1 Å². The van der Waals surface area contributed by atoms with Crippen LogP contribution in [0.3, 0.4) is 0 Å². The van der Waals surface area contributed by atoms with Gasteiger partial charge in [0.05, 0.1) is 13.2 Å². The summed E-state index contributed by atoms with van der Waals surface area (Å²) in [5.41, 5.74) is 2.57. The van der Waals surface area contributed by atoms with Gasteiger partial charge in [0.1, 0.15) is 0 Å². The van der Waals surface area contributed by atoms with E-state index >= 15 is 0 Å². The van der Waals surface area contributed by atoms with E-state index in [1.807, 2.05) is 6.07 Å². The van der Waals surface area contributed by atoms with E-state index in [9.17, 15) is 0 Å². The van der Waals surface area contributed by atoms with Crippen LogP contribution in [0.1, 0.15) is 67.4 Å². The second-order valence-electron chi connectivity index (χ2n) is 8.61. The number of hydrogen-bond donors (Lipinski definition) is 0. The highest BCUT2D eigenvalue weighted by Crippen LogP contribution is 2.52. The van der Waals surface area contributed by atoms with Gasteiger partial charge in [-0.05, 0) is 18.9 Å². The summed E-state index contributed by atoms with van der Waals surface area (Å²) < 4.78 is 13.2.